The smallest absolute Gasteiger partial charge is 0.0720 e. The van der Waals surface area contributed by atoms with Gasteiger partial charge in [-0.05, 0) is 98.2 Å². The molecule has 0 bridgehead atoms. The molecular weight excluding hydrogens is 687 g/mol. The van der Waals surface area contributed by atoms with Crippen molar-refractivity contribution in [2.45, 2.75) is 36.1 Å². The van der Waals surface area contributed by atoms with Gasteiger partial charge in [0.15, 0.2) is 0 Å². The van der Waals surface area contributed by atoms with Crippen LogP contribution in [-0.2, 0) is 10.8 Å². The molecule has 1 heterocycles. The molecule has 0 amide bonds. The largest absolute Gasteiger partial charge is 0.333 e. The van der Waals surface area contributed by atoms with Crippen LogP contribution in [0, 0.1) is 0 Å². The maximum atomic E-state index is 2.55. The standard InChI is InChI=1S/C56H41N/c1-3-18-39(19-4-1)55(47-27-11-7-22-42(47)38-34-36-41(37-35-38)57-52-32-15-9-24-44(52)45-25-10-16-33-53(45)57)49-29-13-14-30-50(49)56(40-20-5-2-6-21-40)48-28-12-8-23-43(48)46-26-17-31-51(55)54(46)56/h1-10,12-26,28-36,41H,11,27,37H2. The number of rotatable bonds is 5. The SMILES string of the molecule is C1=CC(C2=CCC(n3c4ccccc4c4ccccc43)C=C2)=C(C2(c3ccccc3)c3ccccc3C3(c4ccccc4)c4ccccc4-c4cccc2c43)CC1. The van der Waals surface area contributed by atoms with E-state index in [0.29, 0.717) is 0 Å². The van der Waals surface area contributed by atoms with Gasteiger partial charge in [-0.25, -0.2) is 0 Å². The first-order valence-corrected chi connectivity index (χ1v) is 20.5. The first-order valence-electron chi connectivity index (χ1n) is 20.5. The van der Waals surface area contributed by atoms with Gasteiger partial charge in [-0.2, -0.15) is 0 Å². The lowest BCUT2D eigenvalue weighted by Gasteiger charge is -2.51. The number of hydrogen-bond acceptors (Lipinski definition) is 0. The van der Waals surface area contributed by atoms with E-state index in [1.165, 1.54) is 88.6 Å². The monoisotopic (exact) mass is 727 g/mol. The van der Waals surface area contributed by atoms with Crippen LogP contribution < -0.4 is 0 Å². The van der Waals surface area contributed by atoms with Crippen LogP contribution in [0.2, 0.25) is 0 Å². The van der Waals surface area contributed by atoms with Gasteiger partial charge in [-0.15, -0.1) is 0 Å². The summed E-state index contributed by atoms with van der Waals surface area (Å²) in [6, 6.07) is 66.5. The maximum absolute atomic E-state index is 2.55. The van der Waals surface area contributed by atoms with E-state index in [0.717, 1.165) is 19.3 Å². The third kappa shape index (κ3) is 4.29. The lowest BCUT2D eigenvalue weighted by Crippen LogP contribution is -2.45. The second-order valence-corrected chi connectivity index (χ2v) is 16.1. The molecule has 7 aromatic carbocycles. The summed E-state index contributed by atoms with van der Waals surface area (Å²) >= 11 is 0. The fraction of sp³-hybridized carbons (Fsp3) is 0.107. The molecule has 12 rings (SSSR count). The van der Waals surface area contributed by atoms with Gasteiger partial charge in [-0.1, -0.05) is 194 Å². The van der Waals surface area contributed by atoms with Crippen molar-refractivity contribution in [3.8, 4) is 11.1 Å². The number of allylic oxidation sites excluding steroid dienone is 8. The maximum Gasteiger partial charge on any atom is 0.0720 e. The Kier molecular flexibility index (Phi) is 7.08. The van der Waals surface area contributed by atoms with E-state index < -0.39 is 10.8 Å². The van der Waals surface area contributed by atoms with Crippen molar-refractivity contribution in [1.29, 1.82) is 0 Å². The van der Waals surface area contributed by atoms with Crippen molar-refractivity contribution >= 4 is 21.8 Å². The second-order valence-electron chi connectivity index (χ2n) is 16.1. The van der Waals surface area contributed by atoms with Crippen LogP contribution in [-0.4, -0.2) is 4.57 Å². The van der Waals surface area contributed by atoms with Crippen LogP contribution in [0.25, 0.3) is 32.9 Å². The molecule has 1 aromatic heterocycles. The van der Waals surface area contributed by atoms with E-state index in [2.05, 4.69) is 211 Å². The topological polar surface area (TPSA) is 4.93 Å². The van der Waals surface area contributed by atoms with Crippen LogP contribution >= 0.6 is 0 Å². The number of benzene rings is 7. The predicted molar refractivity (Wildman–Crippen MR) is 236 cm³/mol. The molecule has 0 fully saturated rings. The van der Waals surface area contributed by atoms with E-state index in [4.69, 9.17) is 0 Å². The summed E-state index contributed by atoms with van der Waals surface area (Å²) in [7, 11) is 0. The Hall–Kier alpha value is -6.70. The summed E-state index contributed by atoms with van der Waals surface area (Å²) in [5.74, 6) is 0. The molecule has 0 N–H and O–H groups in total. The Morgan fingerprint density at radius 1 is 0.474 bits per heavy atom. The number of para-hydroxylation sites is 2. The molecule has 4 aliphatic carbocycles. The molecule has 0 spiro atoms. The molecule has 0 aliphatic heterocycles. The minimum absolute atomic E-state index is 0.232. The van der Waals surface area contributed by atoms with Crippen LogP contribution in [0.1, 0.15) is 64.2 Å². The zero-order valence-electron chi connectivity index (χ0n) is 31.8. The van der Waals surface area contributed by atoms with Gasteiger partial charge in [0.05, 0.1) is 16.9 Å². The van der Waals surface area contributed by atoms with E-state index in [-0.39, 0.29) is 6.04 Å². The summed E-state index contributed by atoms with van der Waals surface area (Å²) in [5.41, 5.74) is 18.1. The lowest BCUT2D eigenvalue weighted by molar-refractivity contribution is 0.593. The second kappa shape index (κ2) is 12.4. The molecule has 57 heavy (non-hydrogen) atoms. The van der Waals surface area contributed by atoms with Crippen LogP contribution in [0.15, 0.2) is 223 Å². The van der Waals surface area contributed by atoms with Gasteiger partial charge in [-0.3, -0.25) is 0 Å². The zero-order valence-corrected chi connectivity index (χ0v) is 31.8. The Bertz CT molecular complexity index is 2990. The third-order valence-corrected chi connectivity index (χ3v) is 13.6. The summed E-state index contributed by atoms with van der Waals surface area (Å²) in [6.07, 6.45) is 15.2. The van der Waals surface area contributed by atoms with Crippen molar-refractivity contribution < 1.29 is 0 Å². The molecule has 1 nitrogen and oxygen atoms in total. The number of nitrogens with zero attached hydrogens (tertiary/aromatic N) is 1. The molecule has 8 aromatic rings. The molecule has 3 unspecified atom stereocenters. The fourth-order valence-electron chi connectivity index (χ4n) is 11.5. The molecule has 3 atom stereocenters. The number of fused-ring (bicyclic) bond motifs is 8. The van der Waals surface area contributed by atoms with Gasteiger partial charge in [0.25, 0.3) is 0 Å². The average Bonchev–Trinajstić information content (AvgIpc) is 3.79. The van der Waals surface area contributed by atoms with Gasteiger partial charge in [0, 0.05) is 21.8 Å². The van der Waals surface area contributed by atoms with Crippen LogP contribution in [0.4, 0.5) is 0 Å². The molecule has 1 heteroatoms. The Labute approximate surface area is 334 Å². The minimum Gasteiger partial charge on any atom is -0.333 e. The summed E-state index contributed by atoms with van der Waals surface area (Å²) in [6.45, 7) is 0. The molecule has 270 valence electrons. The van der Waals surface area contributed by atoms with Crippen molar-refractivity contribution in [2.75, 3.05) is 0 Å². The Morgan fingerprint density at radius 3 is 1.72 bits per heavy atom. The lowest BCUT2D eigenvalue weighted by atomic mass is 9.50. The molecule has 4 aliphatic rings. The van der Waals surface area contributed by atoms with Crippen molar-refractivity contribution in [3.05, 3.63) is 262 Å². The highest BCUT2D eigenvalue weighted by Gasteiger charge is 2.58. The highest BCUT2D eigenvalue weighted by Crippen LogP contribution is 2.66. The summed E-state index contributed by atoms with van der Waals surface area (Å²) in [4.78, 5) is 0. The average molecular weight is 728 g/mol. The third-order valence-electron chi connectivity index (χ3n) is 13.6. The highest BCUT2D eigenvalue weighted by molar-refractivity contribution is 6.08. The molecular formula is C56H41N. The number of aromatic nitrogens is 1. The Morgan fingerprint density at radius 2 is 1.04 bits per heavy atom. The molecule has 0 radical (unpaired) electrons. The van der Waals surface area contributed by atoms with Gasteiger partial charge in [0.1, 0.15) is 0 Å². The van der Waals surface area contributed by atoms with Crippen LogP contribution in [0.5, 0.6) is 0 Å². The molecule has 0 saturated carbocycles. The summed E-state index contributed by atoms with van der Waals surface area (Å²) in [5, 5.41) is 2.64. The minimum atomic E-state index is -0.512. The highest BCUT2D eigenvalue weighted by atomic mass is 15.0. The quantitative estimate of drug-likeness (QED) is 0.166. The summed E-state index contributed by atoms with van der Waals surface area (Å²) < 4.78 is 2.55. The fourth-order valence-corrected chi connectivity index (χ4v) is 11.5. The zero-order chi connectivity index (χ0) is 37.6. The van der Waals surface area contributed by atoms with Gasteiger partial charge < -0.3 is 4.57 Å². The Balaban J connectivity index is 1.12. The molecule has 0 saturated heterocycles. The van der Waals surface area contributed by atoms with Crippen molar-refractivity contribution in [1.82, 2.24) is 4.57 Å². The van der Waals surface area contributed by atoms with Gasteiger partial charge >= 0.3 is 0 Å². The first kappa shape index (κ1) is 32.5. The van der Waals surface area contributed by atoms with Gasteiger partial charge in [0.2, 0.25) is 0 Å². The van der Waals surface area contributed by atoms with Crippen molar-refractivity contribution in [3.63, 3.8) is 0 Å². The first-order chi connectivity index (χ1) is 28.3. The van der Waals surface area contributed by atoms with Crippen molar-refractivity contribution in [2.24, 2.45) is 0 Å². The van der Waals surface area contributed by atoms with E-state index >= 15 is 0 Å². The predicted octanol–water partition coefficient (Wildman–Crippen LogP) is 13.6. The normalized spacial score (nSPS) is 21.7. The number of hydrogen-bond donors (Lipinski definition) is 0. The van der Waals surface area contributed by atoms with E-state index in [9.17, 15) is 0 Å². The van der Waals surface area contributed by atoms with E-state index in [1.807, 2.05) is 0 Å². The van der Waals surface area contributed by atoms with E-state index in [1.54, 1.807) is 0 Å². The van der Waals surface area contributed by atoms with Crippen LogP contribution in [0.3, 0.4) is 0 Å².